The van der Waals surface area contributed by atoms with Gasteiger partial charge in [0.25, 0.3) is 0 Å². The zero-order chi connectivity index (χ0) is 12.7. The lowest BCUT2D eigenvalue weighted by Gasteiger charge is -2.20. The van der Waals surface area contributed by atoms with Crippen LogP contribution in [0.4, 0.5) is 0 Å². The Kier molecular flexibility index (Phi) is 5.84. The first-order chi connectivity index (χ1) is 8.24. The zero-order valence-corrected chi connectivity index (χ0v) is 11.2. The Morgan fingerprint density at radius 3 is 2.53 bits per heavy atom. The highest BCUT2D eigenvalue weighted by molar-refractivity contribution is 5.46. The number of ether oxygens (including phenoxy) is 2. The minimum Gasteiger partial charge on any atom is -0.496 e. The van der Waals surface area contributed by atoms with Gasteiger partial charge in [0.15, 0.2) is 0 Å². The molecule has 1 aromatic carbocycles. The molecule has 0 saturated carbocycles. The van der Waals surface area contributed by atoms with Gasteiger partial charge in [0.05, 0.1) is 19.3 Å². The molecule has 0 heterocycles. The monoisotopic (exact) mass is 237 g/mol. The highest BCUT2D eigenvalue weighted by Gasteiger charge is 2.16. The molecular weight excluding hydrogens is 214 g/mol. The van der Waals surface area contributed by atoms with E-state index >= 15 is 0 Å². The number of hydrogen-bond donors (Lipinski definition) is 1. The molecule has 0 bridgehead atoms. The van der Waals surface area contributed by atoms with Crippen LogP contribution in [0.25, 0.3) is 0 Å². The first-order valence-corrected chi connectivity index (χ1v) is 6.27. The lowest BCUT2D eigenvalue weighted by atomic mass is 10.1. The average molecular weight is 237 g/mol. The predicted octanol–water partition coefficient (Wildman–Crippen LogP) is 3.15. The molecule has 0 fully saturated rings. The van der Waals surface area contributed by atoms with Gasteiger partial charge in [-0.2, -0.15) is 0 Å². The number of hydrogen-bond acceptors (Lipinski definition) is 3. The van der Waals surface area contributed by atoms with Gasteiger partial charge in [-0.25, -0.2) is 0 Å². The summed E-state index contributed by atoms with van der Waals surface area (Å²) in [4.78, 5) is 0. The first-order valence-electron chi connectivity index (χ1n) is 6.27. The SMILES string of the molecule is CCCNC(C)c1c(OC)cccc1OCC. The Labute approximate surface area is 104 Å². The molecule has 3 nitrogen and oxygen atoms in total. The smallest absolute Gasteiger partial charge is 0.127 e. The van der Waals surface area contributed by atoms with E-state index in [4.69, 9.17) is 9.47 Å². The molecule has 1 aromatic rings. The van der Waals surface area contributed by atoms with E-state index in [0.29, 0.717) is 6.61 Å². The van der Waals surface area contributed by atoms with Crippen molar-refractivity contribution in [1.82, 2.24) is 5.32 Å². The van der Waals surface area contributed by atoms with Crippen molar-refractivity contribution < 1.29 is 9.47 Å². The summed E-state index contributed by atoms with van der Waals surface area (Å²) in [5.41, 5.74) is 1.10. The van der Waals surface area contributed by atoms with E-state index in [9.17, 15) is 0 Å². The fraction of sp³-hybridized carbons (Fsp3) is 0.571. The lowest BCUT2D eigenvalue weighted by molar-refractivity contribution is 0.325. The molecule has 1 N–H and O–H groups in total. The molecule has 0 spiro atoms. The van der Waals surface area contributed by atoms with Gasteiger partial charge in [-0.15, -0.1) is 0 Å². The molecular formula is C14H23NO2. The van der Waals surface area contributed by atoms with Crippen LogP contribution in [0, 0.1) is 0 Å². The molecule has 96 valence electrons. The summed E-state index contributed by atoms with van der Waals surface area (Å²) in [5.74, 6) is 1.79. The quantitative estimate of drug-likeness (QED) is 0.790. The van der Waals surface area contributed by atoms with E-state index in [1.54, 1.807) is 7.11 Å². The predicted molar refractivity (Wildman–Crippen MR) is 70.9 cm³/mol. The molecule has 0 radical (unpaired) electrons. The minimum atomic E-state index is 0.229. The highest BCUT2D eigenvalue weighted by Crippen LogP contribution is 2.33. The highest BCUT2D eigenvalue weighted by atomic mass is 16.5. The third-order valence-corrected chi connectivity index (χ3v) is 2.68. The van der Waals surface area contributed by atoms with Gasteiger partial charge in [-0.05, 0) is 38.9 Å². The van der Waals surface area contributed by atoms with E-state index < -0.39 is 0 Å². The molecule has 0 saturated heterocycles. The van der Waals surface area contributed by atoms with Crippen molar-refractivity contribution in [3.8, 4) is 11.5 Å². The van der Waals surface area contributed by atoms with Crippen LogP contribution in [0.1, 0.15) is 38.8 Å². The summed E-state index contributed by atoms with van der Waals surface area (Å²) < 4.78 is 11.1. The molecule has 0 amide bonds. The molecule has 0 aromatic heterocycles. The van der Waals surface area contributed by atoms with Crippen LogP contribution >= 0.6 is 0 Å². The standard InChI is InChI=1S/C14H23NO2/c1-5-10-15-11(3)14-12(16-4)8-7-9-13(14)17-6-2/h7-9,11,15H,5-6,10H2,1-4H3. The van der Waals surface area contributed by atoms with E-state index in [1.165, 1.54) is 0 Å². The van der Waals surface area contributed by atoms with Gasteiger partial charge in [-0.1, -0.05) is 13.0 Å². The van der Waals surface area contributed by atoms with Crippen LogP contribution in [0.5, 0.6) is 11.5 Å². The fourth-order valence-electron chi connectivity index (χ4n) is 1.87. The molecule has 0 aliphatic heterocycles. The van der Waals surface area contributed by atoms with E-state index in [2.05, 4.69) is 19.2 Å². The van der Waals surface area contributed by atoms with Crippen LogP contribution in [0.15, 0.2) is 18.2 Å². The van der Waals surface area contributed by atoms with Crippen LogP contribution in [-0.4, -0.2) is 20.3 Å². The normalized spacial score (nSPS) is 12.2. The molecule has 3 heteroatoms. The van der Waals surface area contributed by atoms with Crippen molar-refractivity contribution in [2.24, 2.45) is 0 Å². The Balaban J connectivity index is 2.98. The van der Waals surface area contributed by atoms with Gasteiger partial charge < -0.3 is 14.8 Å². The second-order valence-corrected chi connectivity index (χ2v) is 3.98. The summed E-state index contributed by atoms with van der Waals surface area (Å²) in [7, 11) is 1.70. The van der Waals surface area contributed by atoms with Crippen LogP contribution < -0.4 is 14.8 Å². The van der Waals surface area contributed by atoms with Gasteiger partial charge in [0, 0.05) is 6.04 Å². The molecule has 0 aliphatic carbocycles. The minimum absolute atomic E-state index is 0.229. The summed E-state index contributed by atoms with van der Waals surface area (Å²) in [6.07, 6.45) is 1.11. The van der Waals surface area contributed by atoms with Crippen molar-refractivity contribution in [2.75, 3.05) is 20.3 Å². The van der Waals surface area contributed by atoms with E-state index in [1.807, 2.05) is 25.1 Å². The topological polar surface area (TPSA) is 30.5 Å². The molecule has 1 atom stereocenters. The van der Waals surface area contributed by atoms with E-state index in [0.717, 1.165) is 30.0 Å². The van der Waals surface area contributed by atoms with Crippen molar-refractivity contribution in [3.05, 3.63) is 23.8 Å². The molecule has 1 unspecified atom stereocenters. The van der Waals surface area contributed by atoms with Gasteiger partial charge >= 0.3 is 0 Å². The van der Waals surface area contributed by atoms with Gasteiger partial charge in [0.1, 0.15) is 11.5 Å². The lowest BCUT2D eigenvalue weighted by Crippen LogP contribution is -2.20. The zero-order valence-electron chi connectivity index (χ0n) is 11.2. The first kappa shape index (κ1) is 13.8. The van der Waals surface area contributed by atoms with Gasteiger partial charge in [0.2, 0.25) is 0 Å². The third-order valence-electron chi connectivity index (χ3n) is 2.68. The molecule has 1 rings (SSSR count). The summed E-state index contributed by atoms with van der Waals surface area (Å²) >= 11 is 0. The maximum absolute atomic E-state index is 5.66. The van der Waals surface area contributed by atoms with Crippen molar-refractivity contribution in [3.63, 3.8) is 0 Å². The fourth-order valence-corrected chi connectivity index (χ4v) is 1.87. The summed E-state index contributed by atoms with van der Waals surface area (Å²) in [5, 5.41) is 3.46. The number of rotatable bonds is 7. The largest absolute Gasteiger partial charge is 0.496 e. The van der Waals surface area contributed by atoms with Crippen molar-refractivity contribution >= 4 is 0 Å². The maximum atomic E-state index is 5.66. The Morgan fingerprint density at radius 2 is 1.94 bits per heavy atom. The number of benzene rings is 1. The second-order valence-electron chi connectivity index (χ2n) is 3.98. The second kappa shape index (κ2) is 7.17. The van der Waals surface area contributed by atoms with Crippen LogP contribution in [0.3, 0.4) is 0 Å². The maximum Gasteiger partial charge on any atom is 0.127 e. The molecule has 0 aliphatic rings. The average Bonchev–Trinajstić information content (AvgIpc) is 2.36. The summed E-state index contributed by atoms with van der Waals surface area (Å²) in [6.45, 7) is 7.94. The Bertz CT molecular complexity index is 339. The number of methoxy groups -OCH3 is 1. The molecule has 17 heavy (non-hydrogen) atoms. The number of nitrogens with one attached hydrogen (secondary N) is 1. The summed E-state index contributed by atoms with van der Waals surface area (Å²) in [6, 6.07) is 6.15. The van der Waals surface area contributed by atoms with E-state index in [-0.39, 0.29) is 6.04 Å². The van der Waals surface area contributed by atoms with Crippen molar-refractivity contribution in [1.29, 1.82) is 0 Å². The Hall–Kier alpha value is -1.22. The van der Waals surface area contributed by atoms with Crippen LogP contribution in [-0.2, 0) is 0 Å². The van der Waals surface area contributed by atoms with Crippen LogP contribution in [0.2, 0.25) is 0 Å². The van der Waals surface area contributed by atoms with Crippen molar-refractivity contribution in [2.45, 2.75) is 33.2 Å². The third kappa shape index (κ3) is 3.63. The van der Waals surface area contributed by atoms with Gasteiger partial charge in [-0.3, -0.25) is 0 Å². The Morgan fingerprint density at radius 1 is 1.24 bits per heavy atom.